The van der Waals surface area contributed by atoms with E-state index in [4.69, 9.17) is 24.1 Å². The first-order chi connectivity index (χ1) is 19.6. The number of aryl methyl sites for hydroxylation is 1. The Labute approximate surface area is 236 Å². The average Bonchev–Trinajstić information content (AvgIpc) is 3.59. The van der Waals surface area contributed by atoms with Gasteiger partial charge < -0.3 is 44.2 Å². The molecule has 0 unspecified atom stereocenters. The van der Waals surface area contributed by atoms with E-state index in [1.807, 2.05) is 0 Å². The Morgan fingerprint density at radius 3 is 2.63 bits per heavy atom. The van der Waals surface area contributed by atoms with Crippen molar-refractivity contribution in [3.05, 3.63) is 12.5 Å². The third-order valence-electron chi connectivity index (χ3n) is 6.03. The number of amides is 1. The topological polar surface area (TPSA) is 163 Å². The highest BCUT2D eigenvalue weighted by atomic mass is 19.1. The highest BCUT2D eigenvalue weighted by Crippen LogP contribution is 2.31. The summed E-state index contributed by atoms with van der Waals surface area (Å²) in [5.74, 6) is 1.01. The molecule has 1 fully saturated rings. The first-order valence-electron chi connectivity index (χ1n) is 13.3. The molecule has 16 heteroatoms. The maximum atomic E-state index is 14.9. The molecule has 0 saturated carbocycles. The molecule has 0 spiro atoms. The van der Waals surface area contributed by atoms with Gasteiger partial charge in [-0.2, -0.15) is 9.97 Å². The fraction of sp³-hybridized carbons (Fsp3) is 0.640. The number of imidazole rings is 1. The minimum absolute atomic E-state index is 0.00441. The third-order valence-corrected chi connectivity index (χ3v) is 6.03. The monoisotopic (exact) mass is 579 g/mol. The molecule has 226 valence electrons. The van der Waals surface area contributed by atoms with E-state index in [1.54, 1.807) is 54.5 Å². The number of alkyl halides is 1. The number of aromatic nitrogens is 6. The van der Waals surface area contributed by atoms with E-state index >= 15 is 0 Å². The molecule has 0 aromatic carbocycles. The van der Waals surface area contributed by atoms with Crippen LogP contribution in [0.25, 0.3) is 11.2 Å². The smallest absolute Gasteiger partial charge is 0.408 e. The van der Waals surface area contributed by atoms with Gasteiger partial charge in [0.2, 0.25) is 5.95 Å². The zero-order chi connectivity index (χ0) is 29.6. The van der Waals surface area contributed by atoms with Crippen LogP contribution in [0.3, 0.4) is 0 Å². The summed E-state index contributed by atoms with van der Waals surface area (Å²) in [4.78, 5) is 27.6. The second-order valence-corrected chi connectivity index (χ2v) is 10.5. The SMILES string of the molecule is COc1nn(CCOCCOCCO)cc1Nc1nc(N2C[C@@H](F)[C@H](NC(=O)OC(C)(C)C)C2)nc2c1ncn2C. The van der Waals surface area contributed by atoms with Crippen molar-refractivity contribution in [2.45, 2.75) is 45.1 Å². The standard InChI is InChI=1S/C25H38FN9O6/c1-25(2,3)41-24(37)29-17-13-34(12-16(17)26)23-30-20(19-21(31-23)33(4)15-27-19)28-18-14-35(32-22(18)38-5)6-8-39-10-11-40-9-7-36/h14-17,36H,6-13H2,1-5H3,(H,29,37)(H,28,30,31)/t16-,17-/m1/s1. The van der Waals surface area contributed by atoms with Crippen LogP contribution >= 0.6 is 0 Å². The predicted octanol–water partition coefficient (Wildman–Crippen LogP) is 1.39. The lowest BCUT2D eigenvalue weighted by Crippen LogP contribution is -2.44. The van der Waals surface area contributed by atoms with Crippen LogP contribution < -0.4 is 20.3 Å². The number of ether oxygens (including phenoxy) is 4. The molecular weight excluding hydrogens is 541 g/mol. The number of aliphatic hydroxyl groups excluding tert-OH is 1. The van der Waals surface area contributed by atoms with Crippen molar-refractivity contribution in [1.82, 2.24) is 34.6 Å². The van der Waals surface area contributed by atoms with Crippen LogP contribution in [0, 0.1) is 0 Å². The molecule has 41 heavy (non-hydrogen) atoms. The molecule has 1 aliphatic rings. The van der Waals surface area contributed by atoms with Gasteiger partial charge in [0.15, 0.2) is 17.0 Å². The fourth-order valence-electron chi connectivity index (χ4n) is 4.17. The molecule has 3 aromatic heterocycles. The van der Waals surface area contributed by atoms with Gasteiger partial charge in [-0.25, -0.2) is 14.2 Å². The van der Waals surface area contributed by atoms with E-state index in [2.05, 4.69) is 30.7 Å². The normalized spacial score (nSPS) is 17.3. The number of alkyl carbamates (subject to hydrolysis) is 1. The number of methoxy groups -OCH3 is 1. The Morgan fingerprint density at radius 1 is 1.17 bits per heavy atom. The van der Waals surface area contributed by atoms with Crippen LogP contribution in [0.15, 0.2) is 12.5 Å². The van der Waals surface area contributed by atoms with Gasteiger partial charge in [0, 0.05) is 13.6 Å². The van der Waals surface area contributed by atoms with Crippen LogP contribution in [-0.2, 0) is 27.8 Å². The summed E-state index contributed by atoms with van der Waals surface area (Å²) in [6.45, 7) is 7.30. The highest BCUT2D eigenvalue weighted by Gasteiger charge is 2.37. The number of hydrogen-bond donors (Lipinski definition) is 3. The van der Waals surface area contributed by atoms with Crippen molar-refractivity contribution in [3.8, 4) is 5.88 Å². The number of carbonyl (C=O) groups is 1. The van der Waals surface area contributed by atoms with E-state index < -0.39 is 23.9 Å². The molecule has 1 amide bonds. The first kappa shape index (κ1) is 30.2. The van der Waals surface area contributed by atoms with Crippen LogP contribution in [0.2, 0.25) is 0 Å². The first-order valence-corrected chi connectivity index (χ1v) is 13.3. The zero-order valence-corrected chi connectivity index (χ0v) is 24.0. The number of anilines is 3. The zero-order valence-electron chi connectivity index (χ0n) is 24.0. The van der Waals surface area contributed by atoms with E-state index in [0.717, 1.165) is 0 Å². The maximum Gasteiger partial charge on any atom is 0.408 e. The Morgan fingerprint density at radius 2 is 1.93 bits per heavy atom. The van der Waals surface area contributed by atoms with Crippen molar-refractivity contribution in [2.75, 3.05) is 63.5 Å². The Balaban J connectivity index is 1.48. The lowest BCUT2D eigenvalue weighted by molar-refractivity contribution is 0.0303. The minimum atomic E-state index is -1.34. The molecule has 1 aliphatic heterocycles. The van der Waals surface area contributed by atoms with E-state index in [0.29, 0.717) is 54.9 Å². The van der Waals surface area contributed by atoms with E-state index in [-0.39, 0.29) is 32.3 Å². The number of hydrogen-bond acceptors (Lipinski definition) is 12. The van der Waals surface area contributed by atoms with Crippen molar-refractivity contribution in [3.63, 3.8) is 0 Å². The second kappa shape index (κ2) is 13.3. The Kier molecular flexibility index (Phi) is 9.77. The summed E-state index contributed by atoms with van der Waals surface area (Å²) in [6, 6.07) is -0.783. The number of halogens is 1. The largest absolute Gasteiger partial charge is 0.478 e. The van der Waals surface area contributed by atoms with Gasteiger partial charge in [0.25, 0.3) is 5.88 Å². The number of fused-ring (bicyclic) bond motifs is 1. The third kappa shape index (κ3) is 7.92. The molecule has 15 nitrogen and oxygen atoms in total. The quantitative estimate of drug-likeness (QED) is 0.250. The van der Waals surface area contributed by atoms with Crippen LogP contribution in [0.5, 0.6) is 5.88 Å². The highest BCUT2D eigenvalue weighted by molar-refractivity contribution is 5.87. The molecule has 4 heterocycles. The number of nitrogens with one attached hydrogen (secondary N) is 2. The minimum Gasteiger partial charge on any atom is -0.478 e. The van der Waals surface area contributed by atoms with Gasteiger partial charge in [0.1, 0.15) is 17.5 Å². The van der Waals surface area contributed by atoms with Gasteiger partial charge in [-0.15, -0.1) is 5.10 Å². The van der Waals surface area contributed by atoms with E-state index in [1.165, 1.54) is 7.11 Å². The molecule has 2 atom stereocenters. The summed E-state index contributed by atoms with van der Waals surface area (Å²) in [7, 11) is 3.32. The average molecular weight is 580 g/mol. The second-order valence-electron chi connectivity index (χ2n) is 10.5. The molecule has 4 rings (SSSR count). The van der Waals surface area contributed by atoms with Gasteiger partial charge in [0.05, 0.1) is 71.8 Å². The molecule has 0 radical (unpaired) electrons. The molecule has 0 aliphatic carbocycles. The Bertz CT molecular complexity index is 1310. The number of carbonyl (C=O) groups excluding carboxylic acids is 1. The van der Waals surface area contributed by atoms with Crippen LogP contribution in [0.4, 0.5) is 26.6 Å². The lowest BCUT2D eigenvalue weighted by atomic mass is 10.2. The summed E-state index contributed by atoms with van der Waals surface area (Å²) in [6.07, 6.45) is 1.36. The van der Waals surface area contributed by atoms with Crippen molar-refractivity contribution < 1.29 is 33.2 Å². The molecule has 1 saturated heterocycles. The van der Waals surface area contributed by atoms with Crippen molar-refractivity contribution in [2.24, 2.45) is 7.05 Å². The van der Waals surface area contributed by atoms with Gasteiger partial charge in [-0.1, -0.05) is 0 Å². The number of rotatable bonds is 13. The summed E-state index contributed by atoms with van der Waals surface area (Å²) < 4.78 is 39.8. The molecule has 0 bridgehead atoms. The summed E-state index contributed by atoms with van der Waals surface area (Å²) in [5, 5.41) is 19.0. The van der Waals surface area contributed by atoms with Crippen molar-refractivity contribution in [1.29, 1.82) is 0 Å². The van der Waals surface area contributed by atoms with Gasteiger partial charge in [-0.05, 0) is 20.8 Å². The molecule has 3 aromatic rings. The fourth-order valence-corrected chi connectivity index (χ4v) is 4.17. The van der Waals surface area contributed by atoms with Crippen LogP contribution in [-0.4, -0.2) is 112 Å². The van der Waals surface area contributed by atoms with Crippen LogP contribution in [0.1, 0.15) is 20.8 Å². The van der Waals surface area contributed by atoms with Gasteiger partial charge >= 0.3 is 6.09 Å². The molecular formula is C25H38FN9O6. The number of aliphatic hydroxyl groups is 1. The van der Waals surface area contributed by atoms with E-state index in [9.17, 15) is 9.18 Å². The lowest BCUT2D eigenvalue weighted by Gasteiger charge is -2.22. The summed E-state index contributed by atoms with van der Waals surface area (Å²) >= 11 is 0. The summed E-state index contributed by atoms with van der Waals surface area (Å²) in [5.41, 5.74) is 0.904. The number of nitrogens with zero attached hydrogens (tertiary/aromatic N) is 7. The van der Waals surface area contributed by atoms with Gasteiger partial charge in [-0.3, -0.25) is 4.68 Å². The Hall–Kier alpha value is -3.76. The van der Waals surface area contributed by atoms with Crippen molar-refractivity contribution >= 4 is 34.7 Å². The maximum absolute atomic E-state index is 14.9. The molecule has 3 N–H and O–H groups in total. The predicted molar refractivity (Wildman–Crippen MR) is 147 cm³/mol.